The van der Waals surface area contributed by atoms with Crippen molar-refractivity contribution >= 4 is 11.8 Å². The first-order valence-corrected chi connectivity index (χ1v) is 7.40. The molecule has 2 rings (SSSR count). The van der Waals surface area contributed by atoms with E-state index in [9.17, 15) is 14.0 Å². The molecule has 2 amide bonds. The Morgan fingerprint density at radius 2 is 1.81 bits per heavy atom. The molecule has 0 bridgehead atoms. The van der Waals surface area contributed by atoms with Gasteiger partial charge in [-0.25, -0.2) is 4.39 Å². The van der Waals surface area contributed by atoms with Crippen LogP contribution in [0, 0.1) is 11.7 Å². The molecular weight excluding hydrogens is 271 g/mol. The summed E-state index contributed by atoms with van der Waals surface area (Å²) in [6.45, 7) is 0. The third kappa shape index (κ3) is 4.55. The fourth-order valence-electron chi connectivity index (χ4n) is 2.73. The third-order valence-corrected chi connectivity index (χ3v) is 3.99. The Hall–Kier alpha value is -1.91. The predicted molar refractivity (Wildman–Crippen MR) is 77.8 cm³/mol. The van der Waals surface area contributed by atoms with Gasteiger partial charge in [-0.15, -0.1) is 0 Å². The van der Waals surface area contributed by atoms with E-state index in [1.807, 2.05) is 0 Å². The van der Waals surface area contributed by atoms with Crippen LogP contribution in [0.4, 0.5) is 4.39 Å². The van der Waals surface area contributed by atoms with Crippen molar-refractivity contribution in [2.75, 3.05) is 0 Å². The summed E-state index contributed by atoms with van der Waals surface area (Å²) in [4.78, 5) is 23.7. The first-order chi connectivity index (χ1) is 10.1. The molecule has 1 saturated carbocycles. The van der Waals surface area contributed by atoms with Crippen molar-refractivity contribution in [1.82, 2.24) is 5.32 Å². The highest BCUT2D eigenvalue weighted by Gasteiger charge is 2.25. The number of benzene rings is 1. The van der Waals surface area contributed by atoms with E-state index < -0.39 is 11.9 Å². The van der Waals surface area contributed by atoms with E-state index in [1.165, 1.54) is 18.6 Å². The fraction of sp³-hybridized carbons (Fsp3) is 0.500. The van der Waals surface area contributed by atoms with Gasteiger partial charge >= 0.3 is 0 Å². The Morgan fingerprint density at radius 1 is 1.19 bits per heavy atom. The Kier molecular flexibility index (Phi) is 5.31. The molecule has 0 radical (unpaired) electrons. The molecule has 114 valence electrons. The molecule has 1 aliphatic carbocycles. The molecule has 3 N–H and O–H groups in total. The Balaban J connectivity index is 1.96. The Morgan fingerprint density at radius 3 is 2.38 bits per heavy atom. The summed E-state index contributed by atoms with van der Waals surface area (Å²) in [6, 6.07) is 5.10. The van der Waals surface area contributed by atoms with Crippen LogP contribution in [0.1, 0.15) is 37.7 Å². The van der Waals surface area contributed by atoms with Crippen molar-refractivity contribution in [2.45, 2.75) is 44.6 Å². The van der Waals surface area contributed by atoms with Crippen LogP contribution in [0.15, 0.2) is 24.3 Å². The summed E-state index contributed by atoms with van der Waals surface area (Å²) in [6.07, 6.45) is 5.29. The number of carbonyl (C=O) groups is 2. The van der Waals surface area contributed by atoms with Gasteiger partial charge < -0.3 is 11.1 Å². The summed E-state index contributed by atoms with van der Waals surface area (Å²) >= 11 is 0. The molecule has 1 aromatic rings. The third-order valence-electron chi connectivity index (χ3n) is 3.99. The van der Waals surface area contributed by atoms with Crippen LogP contribution < -0.4 is 11.1 Å². The molecule has 1 atom stereocenters. The lowest BCUT2D eigenvalue weighted by Gasteiger charge is -2.23. The van der Waals surface area contributed by atoms with Gasteiger partial charge in [0.25, 0.3) is 0 Å². The van der Waals surface area contributed by atoms with Crippen molar-refractivity contribution in [3.63, 3.8) is 0 Å². The normalized spacial score (nSPS) is 17.2. The molecule has 1 fully saturated rings. The summed E-state index contributed by atoms with van der Waals surface area (Å²) in [5.74, 6) is -1.02. The van der Waals surface area contributed by atoms with Crippen LogP contribution in [0.2, 0.25) is 0 Å². The molecule has 1 aliphatic rings. The molecule has 0 aliphatic heterocycles. The highest BCUT2D eigenvalue weighted by molar-refractivity contribution is 5.87. The van der Waals surface area contributed by atoms with Crippen LogP contribution in [0.3, 0.4) is 0 Å². The average Bonchev–Trinajstić information content (AvgIpc) is 2.49. The highest BCUT2D eigenvalue weighted by atomic mass is 19.1. The first kappa shape index (κ1) is 15.5. The van der Waals surface area contributed by atoms with E-state index in [4.69, 9.17) is 5.73 Å². The minimum absolute atomic E-state index is 0.0196. The molecule has 0 saturated heterocycles. The molecular formula is C16H21FN2O2. The maximum absolute atomic E-state index is 12.9. The van der Waals surface area contributed by atoms with Crippen LogP contribution in [0.5, 0.6) is 0 Å². The van der Waals surface area contributed by atoms with E-state index in [0.29, 0.717) is 0 Å². The van der Waals surface area contributed by atoms with Crippen molar-refractivity contribution in [2.24, 2.45) is 11.7 Å². The topological polar surface area (TPSA) is 72.2 Å². The van der Waals surface area contributed by atoms with E-state index in [1.54, 1.807) is 12.1 Å². The largest absolute Gasteiger partial charge is 0.368 e. The lowest BCUT2D eigenvalue weighted by Crippen LogP contribution is -2.48. The van der Waals surface area contributed by atoms with Gasteiger partial charge in [0.1, 0.15) is 11.9 Å². The fourth-order valence-corrected chi connectivity index (χ4v) is 2.73. The van der Waals surface area contributed by atoms with E-state index >= 15 is 0 Å². The number of nitrogens with one attached hydrogen (secondary N) is 1. The van der Waals surface area contributed by atoms with Crippen molar-refractivity contribution < 1.29 is 14.0 Å². The summed E-state index contributed by atoms with van der Waals surface area (Å²) in [5, 5.41) is 2.74. The average molecular weight is 292 g/mol. The van der Waals surface area contributed by atoms with Crippen LogP contribution in [-0.4, -0.2) is 17.9 Å². The minimum Gasteiger partial charge on any atom is -0.368 e. The number of rotatable bonds is 5. The molecule has 4 nitrogen and oxygen atoms in total. The number of carbonyl (C=O) groups excluding carboxylic acids is 2. The second-order valence-corrected chi connectivity index (χ2v) is 5.63. The maximum atomic E-state index is 12.9. The van der Waals surface area contributed by atoms with Gasteiger partial charge in [-0.2, -0.15) is 0 Å². The number of amides is 2. The van der Waals surface area contributed by atoms with Gasteiger partial charge in [0.15, 0.2) is 0 Å². The Labute approximate surface area is 123 Å². The number of halogens is 1. The van der Waals surface area contributed by atoms with Crippen LogP contribution in [-0.2, 0) is 16.0 Å². The Bertz CT molecular complexity index is 496. The molecule has 0 spiro atoms. The molecule has 1 aromatic carbocycles. The predicted octanol–water partition coefficient (Wildman–Crippen LogP) is 1.92. The number of hydrogen-bond acceptors (Lipinski definition) is 2. The second kappa shape index (κ2) is 7.20. The molecule has 0 heterocycles. The van der Waals surface area contributed by atoms with Gasteiger partial charge in [-0.05, 0) is 30.5 Å². The number of nitrogens with two attached hydrogens (primary N) is 1. The van der Waals surface area contributed by atoms with Gasteiger partial charge in [0.05, 0.1) is 0 Å². The zero-order valence-corrected chi connectivity index (χ0v) is 12.0. The number of primary amides is 1. The summed E-state index contributed by atoms with van der Waals surface area (Å²) in [5.41, 5.74) is 6.13. The minimum atomic E-state index is -0.745. The molecule has 0 unspecified atom stereocenters. The second-order valence-electron chi connectivity index (χ2n) is 5.63. The lowest BCUT2D eigenvalue weighted by molar-refractivity contribution is -0.130. The summed E-state index contributed by atoms with van der Waals surface area (Å²) in [7, 11) is 0. The standard InChI is InChI=1S/C16H21FN2O2/c17-13-8-6-11(7-9-13)10-14(15(18)20)19-16(21)12-4-2-1-3-5-12/h6-9,12,14H,1-5,10H2,(H2,18,20)(H,19,21)/t14-/m0/s1. The summed E-state index contributed by atoms with van der Waals surface area (Å²) < 4.78 is 12.9. The monoisotopic (exact) mass is 292 g/mol. The smallest absolute Gasteiger partial charge is 0.240 e. The zero-order valence-electron chi connectivity index (χ0n) is 12.0. The quantitative estimate of drug-likeness (QED) is 0.870. The van der Waals surface area contributed by atoms with Gasteiger partial charge in [0.2, 0.25) is 11.8 Å². The molecule has 5 heteroatoms. The van der Waals surface area contributed by atoms with Crippen LogP contribution >= 0.6 is 0 Å². The van der Waals surface area contributed by atoms with Gasteiger partial charge in [-0.3, -0.25) is 9.59 Å². The van der Waals surface area contributed by atoms with Crippen LogP contribution in [0.25, 0.3) is 0 Å². The number of hydrogen-bond donors (Lipinski definition) is 2. The molecule has 0 aromatic heterocycles. The first-order valence-electron chi connectivity index (χ1n) is 7.40. The maximum Gasteiger partial charge on any atom is 0.240 e. The van der Waals surface area contributed by atoms with Crippen molar-refractivity contribution in [3.8, 4) is 0 Å². The van der Waals surface area contributed by atoms with Gasteiger partial charge in [-0.1, -0.05) is 31.4 Å². The van der Waals surface area contributed by atoms with E-state index in [-0.39, 0.29) is 24.1 Å². The van der Waals surface area contributed by atoms with Crippen molar-refractivity contribution in [3.05, 3.63) is 35.6 Å². The SMILES string of the molecule is NC(=O)[C@H](Cc1ccc(F)cc1)NC(=O)C1CCCCC1. The zero-order chi connectivity index (χ0) is 15.2. The van der Waals surface area contributed by atoms with Crippen molar-refractivity contribution in [1.29, 1.82) is 0 Å². The van der Waals surface area contributed by atoms with E-state index in [2.05, 4.69) is 5.32 Å². The highest BCUT2D eigenvalue weighted by Crippen LogP contribution is 2.23. The molecule has 21 heavy (non-hydrogen) atoms. The van der Waals surface area contributed by atoms with Gasteiger partial charge in [0, 0.05) is 12.3 Å². The van der Waals surface area contributed by atoms with E-state index in [0.717, 1.165) is 31.2 Å². The lowest BCUT2D eigenvalue weighted by atomic mass is 9.88.